The van der Waals surface area contributed by atoms with E-state index in [9.17, 15) is 0 Å². The number of hydrogen-bond acceptors (Lipinski definition) is 8. The molecule has 0 spiro atoms. The summed E-state index contributed by atoms with van der Waals surface area (Å²) in [5.41, 5.74) is 8.94. The predicted molar refractivity (Wildman–Crippen MR) is 428 cm³/mol. The predicted octanol–water partition coefficient (Wildman–Crippen LogP) is 28.3. The molecule has 0 aromatic heterocycles. The number of unbranched alkanes of at least 4 members (excludes halogenated alkanes) is 40. The largest absolute Gasteiger partial charge is 0.493 e. The van der Waals surface area contributed by atoms with E-state index in [4.69, 9.17) is 37.9 Å². The van der Waals surface area contributed by atoms with Gasteiger partial charge >= 0.3 is 0 Å². The van der Waals surface area contributed by atoms with Gasteiger partial charge in [-0.2, -0.15) is 0 Å². The molecule has 568 valence electrons. The Bertz CT molecular complexity index is 2110. The molecule has 0 aliphatic heterocycles. The van der Waals surface area contributed by atoms with Gasteiger partial charge in [-0.15, -0.1) is 0 Å². The molecule has 0 unspecified atom stereocenters. The zero-order valence-electron chi connectivity index (χ0n) is 66.3. The molecule has 0 radical (unpaired) electrons. The van der Waals surface area contributed by atoms with E-state index in [2.05, 4.69) is 104 Å². The van der Waals surface area contributed by atoms with Crippen molar-refractivity contribution in [3.8, 4) is 46.0 Å². The molecular formula is C92H152O8. The molecule has 0 N–H and O–H groups in total. The maximum atomic E-state index is 7.21. The van der Waals surface area contributed by atoms with Gasteiger partial charge in [0.15, 0.2) is 0 Å². The van der Waals surface area contributed by atoms with Gasteiger partial charge in [-0.25, -0.2) is 0 Å². The SMILES string of the molecule is CCCCCCCCOc1cc2c(OCCCCCCCC)cc1Cc1cc(OCCCCCCCC)c(cc1OCCCCCCCC)Cc1cc(OCCCCCCCC)c(cc1OCCCCCCCC)Cc1cc(OCCCCCCCC)c(cc1OCCCCCCCC)C2. The zero-order valence-corrected chi connectivity index (χ0v) is 66.3. The smallest absolute Gasteiger partial charge is 0.123 e. The minimum Gasteiger partial charge on any atom is -0.493 e. The maximum absolute atomic E-state index is 7.21. The molecular weight excluding hydrogens is 1230 g/mol. The fraction of sp³-hybridized carbons (Fsp3) is 0.739. The molecule has 0 heterocycles. The van der Waals surface area contributed by atoms with Gasteiger partial charge in [0.25, 0.3) is 0 Å². The lowest BCUT2D eigenvalue weighted by Gasteiger charge is -2.24. The van der Waals surface area contributed by atoms with E-state index < -0.39 is 0 Å². The van der Waals surface area contributed by atoms with E-state index >= 15 is 0 Å². The van der Waals surface area contributed by atoms with Crippen molar-refractivity contribution >= 4 is 0 Å². The molecule has 4 aromatic rings. The molecule has 10 aliphatic rings. The third-order valence-electron chi connectivity index (χ3n) is 20.5. The summed E-state index contributed by atoms with van der Waals surface area (Å²) in [5, 5.41) is 0. The Labute approximate surface area is 615 Å². The Kier molecular flexibility index (Phi) is 49.5. The van der Waals surface area contributed by atoms with Crippen molar-refractivity contribution in [3.05, 3.63) is 93.0 Å². The second-order valence-corrected chi connectivity index (χ2v) is 29.9. The van der Waals surface area contributed by atoms with Crippen LogP contribution < -0.4 is 37.9 Å². The first-order valence-electron chi connectivity index (χ1n) is 43.0. The van der Waals surface area contributed by atoms with Crippen molar-refractivity contribution in [2.45, 2.75) is 389 Å². The third kappa shape index (κ3) is 36.6. The standard InChI is InChI=1S/C92H152O8/c1-9-17-25-33-41-49-57-93-85-69-78-66-80-72-90(98-62-54-46-38-30-22-14-6)82(74-89(80)97-61-53-45-37-29-21-13-5)68-84-76-91(99-63-55-47-39-31-23-15-7)83(75-92(84)100-64-56-48-40-32-24-16-8)67-81-73-87(95-59-51-43-35-27-19-11-3)79(71-88(81)96-60-52-44-36-28-20-12-4)65-77(85)70-86(78)94-58-50-42-34-26-18-10-2/h69-76H,9-68H2,1-8H3. The van der Waals surface area contributed by atoms with Gasteiger partial charge in [0, 0.05) is 70.2 Å². The van der Waals surface area contributed by atoms with Crippen LogP contribution in [-0.2, 0) is 25.7 Å². The van der Waals surface area contributed by atoms with Gasteiger partial charge in [-0.05, 0) is 99.9 Å². The second-order valence-electron chi connectivity index (χ2n) is 29.9. The quantitative estimate of drug-likeness (QED) is 0.0357. The lowest BCUT2D eigenvalue weighted by Crippen LogP contribution is -2.11. The Morgan fingerprint density at radius 3 is 0.360 bits per heavy atom. The van der Waals surface area contributed by atoms with E-state index in [1.807, 2.05) is 0 Å². The summed E-state index contributed by atoms with van der Waals surface area (Å²) in [5.74, 6) is 7.42. The molecule has 0 fully saturated rings. The third-order valence-corrected chi connectivity index (χ3v) is 20.5. The molecule has 0 saturated carbocycles. The van der Waals surface area contributed by atoms with Crippen molar-refractivity contribution in [2.24, 2.45) is 0 Å². The summed E-state index contributed by atoms with van der Waals surface area (Å²) in [4.78, 5) is 0. The first-order chi connectivity index (χ1) is 49.4. The molecule has 0 amide bonds. The molecule has 8 heteroatoms. The number of benzene rings is 4. The summed E-state index contributed by atoms with van der Waals surface area (Å²) in [6, 6.07) is 18.8. The molecule has 4 aromatic carbocycles. The summed E-state index contributed by atoms with van der Waals surface area (Å²) in [6.07, 6.45) is 60.1. The van der Waals surface area contributed by atoms with Crippen LogP contribution in [-0.4, -0.2) is 52.9 Å². The molecule has 10 aliphatic carbocycles. The zero-order chi connectivity index (χ0) is 71.0. The number of rotatable bonds is 64. The highest BCUT2D eigenvalue weighted by Crippen LogP contribution is 2.43. The van der Waals surface area contributed by atoms with Gasteiger partial charge in [0.05, 0.1) is 52.9 Å². The minimum atomic E-state index is 0.606. The second kappa shape index (κ2) is 57.7. The van der Waals surface area contributed by atoms with Crippen molar-refractivity contribution in [1.29, 1.82) is 0 Å². The highest BCUT2D eigenvalue weighted by molar-refractivity contribution is 5.59. The molecule has 0 saturated heterocycles. The van der Waals surface area contributed by atoms with Crippen molar-refractivity contribution < 1.29 is 37.9 Å². The topological polar surface area (TPSA) is 73.8 Å². The fourth-order valence-electron chi connectivity index (χ4n) is 14.1. The van der Waals surface area contributed by atoms with Crippen LogP contribution in [0.3, 0.4) is 0 Å². The lowest BCUT2D eigenvalue weighted by atomic mass is 9.92. The van der Waals surface area contributed by atoms with Gasteiger partial charge in [0.2, 0.25) is 0 Å². The number of ether oxygens (including phenoxy) is 8. The summed E-state index contributed by atoms with van der Waals surface area (Å²) < 4.78 is 57.7. The van der Waals surface area contributed by atoms with Crippen molar-refractivity contribution in [2.75, 3.05) is 52.9 Å². The Morgan fingerprint density at radius 1 is 0.150 bits per heavy atom. The monoisotopic (exact) mass is 1390 g/mol. The first-order valence-corrected chi connectivity index (χ1v) is 43.0. The van der Waals surface area contributed by atoms with E-state index in [0.717, 1.165) is 193 Å². The first kappa shape index (κ1) is 85.9. The summed E-state index contributed by atoms with van der Waals surface area (Å²) >= 11 is 0. The Balaban J connectivity index is 1.84. The molecule has 0 atom stereocenters. The van der Waals surface area contributed by atoms with Crippen LogP contribution in [0.2, 0.25) is 0 Å². The van der Waals surface area contributed by atoms with E-state index in [1.165, 1.54) is 205 Å². The van der Waals surface area contributed by atoms with E-state index in [0.29, 0.717) is 78.5 Å². The van der Waals surface area contributed by atoms with Crippen LogP contribution in [0.25, 0.3) is 0 Å². The van der Waals surface area contributed by atoms with Crippen molar-refractivity contribution in [3.63, 3.8) is 0 Å². The van der Waals surface area contributed by atoms with Gasteiger partial charge in [-0.3, -0.25) is 0 Å². The van der Waals surface area contributed by atoms with Crippen LogP contribution in [0, 0.1) is 0 Å². The molecule has 8 bridgehead atoms. The lowest BCUT2D eigenvalue weighted by molar-refractivity contribution is 0.286. The van der Waals surface area contributed by atoms with Crippen LogP contribution in [0.15, 0.2) is 48.5 Å². The molecule has 100 heavy (non-hydrogen) atoms. The summed E-state index contributed by atoms with van der Waals surface area (Å²) in [6.45, 7) is 23.7. The van der Waals surface area contributed by atoms with Crippen LogP contribution in [0.5, 0.6) is 46.0 Å². The number of hydrogen-bond donors (Lipinski definition) is 0. The average Bonchev–Trinajstić information content (AvgIpc) is 0.785. The highest BCUT2D eigenvalue weighted by Gasteiger charge is 2.25. The molecule has 8 nitrogen and oxygen atoms in total. The highest BCUT2D eigenvalue weighted by atomic mass is 16.5. The average molecular weight is 1390 g/mol. The Morgan fingerprint density at radius 2 is 0.250 bits per heavy atom. The maximum Gasteiger partial charge on any atom is 0.123 e. The van der Waals surface area contributed by atoms with Gasteiger partial charge in [-0.1, -0.05) is 312 Å². The molecule has 14 rings (SSSR count). The van der Waals surface area contributed by atoms with E-state index in [1.54, 1.807) is 0 Å². The minimum absolute atomic E-state index is 0.606. The van der Waals surface area contributed by atoms with Crippen LogP contribution >= 0.6 is 0 Å². The Hall–Kier alpha value is -4.72. The van der Waals surface area contributed by atoms with E-state index in [-0.39, 0.29) is 0 Å². The van der Waals surface area contributed by atoms with Gasteiger partial charge < -0.3 is 37.9 Å². The fourth-order valence-corrected chi connectivity index (χ4v) is 14.1. The van der Waals surface area contributed by atoms with Crippen LogP contribution in [0.4, 0.5) is 0 Å². The normalized spacial score (nSPS) is 12.1. The summed E-state index contributed by atoms with van der Waals surface area (Å²) in [7, 11) is 0. The van der Waals surface area contributed by atoms with Crippen molar-refractivity contribution in [1.82, 2.24) is 0 Å². The van der Waals surface area contributed by atoms with Crippen LogP contribution in [0.1, 0.15) is 408 Å². The van der Waals surface area contributed by atoms with Gasteiger partial charge in [0.1, 0.15) is 46.0 Å².